The highest BCUT2D eigenvalue weighted by molar-refractivity contribution is 7.92. The smallest absolute Gasteiger partial charge is 0.264 e. The first-order valence-corrected chi connectivity index (χ1v) is 14.7. The van der Waals surface area contributed by atoms with Gasteiger partial charge in [-0.15, -0.1) is 0 Å². The predicted molar refractivity (Wildman–Crippen MR) is 156 cm³/mol. The van der Waals surface area contributed by atoms with Gasteiger partial charge in [0, 0.05) is 17.1 Å². The van der Waals surface area contributed by atoms with Crippen molar-refractivity contribution in [3.05, 3.63) is 95.0 Å². The lowest BCUT2D eigenvalue weighted by Gasteiger charge is -2.34. The van der Waals surface area contributed by atoms with Crippen LogP contribution in [0, 0.1) is 0 Å². The Hall–Kier alpha value is -3.36. The number of carbonyl (C=O) groups is 2. The van der Waals surface area contributed by atoms with Crippen LogP contribution in [-0.4, -0.2) is 43.3 Å². The molecule has 39 heavy (non-hydrogen) atoms. The lowest BCUT2D eigenvalue weighted by atomic mass is 10.1. The van der Waals surface area contributed by atoms with Gasteiger partial charge in [0.1, 0.15) is 12.6 Å². The second-order valence-corrected chi connectivity index (χ2v) is 12.7. The normalized spacial score (nSPS) is 12.5. The number of nitrogens with one attached hydrogen (secondary N) is 1. The number of hydrogen-bond acceptors (Lipinski definition) is 4. The molecule has 0 aliphatic heterocycles. The molecule has 0 aliphatic carbocycles. The summed E-state index contributed by atoms with van der Waals surface area (Å²) in [5.41, 5.74) is 1.46. The first-order chi connectivity index (χ1) is 18.3. The Morgan fingerprint density at radius 3 is 2.10 bits per heavy atom. The molecule has 0 saturated carbocycles. The molecule has 3 rings (SSSR count). The van der Waals surface area contributed by atoms with Crippen molar-refractivity contribution in [3.63, 3.8) is 0 Å². The second-order valence-electron chi connectivity index (χ2n) is 10.4. The minimum absolute atomic E-state index is 0.0754. The molecule has 208 valence electrons. The van der Waals surface area contributed by atoms with Crippen LogP contribution in [0.25, 0.3) is 0 Å². The molecular weight excluding hydrogens is 534 g/mol. The largest absolute Gasteiger partial charge is 0.350 e. The molecule has 0 heterocycles. The Balaban J connectivity index is 2.06. The zero-order valence-corrected chi connectivity index (χ0v) is 24.6. The van der Waals surface area contributed by atoms with Gasteiger partial charge in [0.2, 0.25) is 11.8 Å². The van der Waals surface area contributed by atoms with Crippen molar-refractivity contribution in [2.45, 2.75) is 64.1 Å². The van der Waals surface area contributed by atoms with Crippen LogP contribution in [0.2, 0.25) is 5.02 Å². The number of aryl methyl sites for hydroxylation is 1. The number of hydrogen-bond donors (Lipinski definition) is 1. The Morgan fingerprint density at radius 1 is 0.923 bits per heavy atom. The number of halogens is 1. The number of carbonyl (C=O) groups excluding carboxylic acids is 2. The van der Waals surface area contributed by atoms with Crippen LogP contribution in [0.5, 0.6) is 0 Å². The maximum Gasteiger partial charge on any atom is 0.264 e. The lowest BCUT2D eigenvalue weighted by molar-refractivity contribution is -0.140. The highest BCUT2D eigenvalue weighted by Gasteiger charge is 2.33. The summed E-state index contributed by atoms with van der Waals surface area (Å²) < 4.78 is 29.0. The van der Waals surface area contributed by atoms with E-state index in [1.165, 1.54) is 17.0 Å². The van der Waals surface area contributed by atoms with Gasteiger partial charge >= 0.3 is 0 Å². The van der Waals surface area contributed by atoms with E-state index in [-0.39, 0.29) is 17.3 Å². The van der Waals surface area contributed by atoms with Crippen molar-refractivity contribution in [1.82, 2.24) is 10.2 Å². The molecule has 3 aromatic rings. The quantitative estimate of drug-likeness (QED) is 0.353. The first kappa shape index (κ1) is 30.2. The molecule has 7 nitrogen and oxygen atoms in total. The first-order valence-electron chi connectivity index (χ1n) is 12.8. The van der Waals surface area contributed by atoms with E-state index in [9.17, 15) is 18.0 Å². The van der Waals surface area contributed by atoms with E-state index >= 15 is 0 Å². The molecule has 0 aromatic heterocycles. The maximum absolute atomic E-state index is 14.0. The third-order valence-corrected chi connectivity index (χ3v) is 8.21. The fourth-order valence-corrected chi connectivity index (χ4v) is 5.73. The minimum atomic E-state index is -4.10. The predicted octanol–water partition coefficient (Wildman–Crippen LogP) is 5.43. The molecule has 0 radical (unpaired) electrons. The van der Waals surface area contributed by atoms with E-state index in [0.717, 1.165) is 15.4 Å². The highest BCUT2D eigenvalue weighted by atomic mass is 35.5. The number of para-hydroxylation sites is 1. The van der Waals surface area contributed by atoms with Crippen molar-refractivity contribution < 1.29 is 18.0 Å². The Morgan fingerprint density at radius 2 is 1.51 bits per heavy atom. The van der Waals surface area contributed by atoms with Gasteiger partial charge in [-0.2, -0.15) is 0 Å². The van der Waals surface area contributed by atoms with Crippen LogP contribution in [0.4, 0.5) is 5.69 Å². The van der Waals surface area contributed by atoms with Gasteiger partial charge in [-0.25, -0.2) is 8.42 Å². The van der Waals surface area contributed by atoms with Crippen LogP contribution in [-0.2, 0) is 32.6 Å². The van der Waals surface area contributed by atoms with E-state index in [1.807, 2.05) is 39.8 Å². The molecule has 0 unspecified atom stereocenters. The minimum Gasteiger partial charge on any atom is -0.350 e. The molecule has 0 saturated heterocycles. The highest BCUT2D eigenvalue weighted by Crippen LogP contribution is 2.28. The fourth-order valence-electron chi connectivity index (χ4n) is 4.13. The molecule has 9 heteroatoms. The number of rotatable bonds is 10. The van der Waals surface area contributed by atoms with Crippen molar-refractivity contribution >= 4 is 39.1 Å². The van der Waals surface area contributed by atoms with Crippen molar-refractivity contribution in [2.24, 2.45) is 0 Å². The average molecular weight is 570 g/mol. The third-order valence-electron chi connectivity index (χ3n) is 6.18. The van der Waals surface area contributed by atoms with Gasteiger partial charge in [-0.05, 0) is 75.6 Å². The lowest BCUT2D eigenvalue weighted by Crippen LogP contribution is -2.54. The van der Waals surface area contributed by atoms with Crippen molar-refractivity contribution in [3.8, 4) is 0 Å². The molecule has 3 aromatic carbocycles. The number of anilines is 1. The summed E-state index contributed by atoms with van der Waals surface area (Å²) in [6.45, 7) is 8.78. The van der Waals surface area contributed by atoms with Gasteiger partial charge in [-0.1, -0.05) is 67.1 Å². The van der Waals surface area contributed by atoms with Gasteiger partial charge in [0.05, 0.1) is 10.6 Å². The van der Waals surface area contributed by atoms with E-state index < -0.39 is 34.1 Å². The molecule has 0 fully saturated rings. The number of nitrogens with zero attached hydrogens (tertiary/aromatic N) is 2. The molecule has 0 bridgehead atoms. The summed E-state index contributed by atoms with van der Waals surface area (Å²) in [5.74, 6) is -0.844. The van der Waals surface area contributed by atoms with E-state index in [2.05, 4.69) is 5.32 Å². The van der Waals surface area contributed by atoms with Crippen LogP contribution in [0.1, 0.15) is 45.7 Å². The molecule has 0 aliphatic rings. The maximum atomic E-state index is 14.0. The summed E-state index contributed by atoms with van der Waals surface area (Å²) in [6, 6.07) is 21.3. The van der Waals surface area contributed by atoms with E-state index in [0.29, 0.717) is 17.1 Å². The summed E-state index contributed by atoms with van der Waals surface area (Å²) in [4.78, 5) is 28.7. The summed E-state index contributed by atoms with van der Waals surface area (Å²) in [6.07, 6.45) is 0.573. The summed E-state index contributed by atoms with van der Waals surface area (Å²) in [5, 5.41) is 3.47. The van der Waals surface area contributed by atoms with Gasteiger partial charge in [0.15, 0.2) is 0 Å². The summed E-state index contributed by atoms with van der Waals surface area (Å²) >= 11 is 6.05. The molecular formula is C30H36ClN3O4S. The monoisotopic (exact) mass is 569 g/mol. The number of benzene rings is 3. The molecule has 2 amide bonds. The zero-order chi connectivity index (χ0) is 28.8. The van der Waals surface area contributed by atoms with Crippen LogP contribution < -0.4 is 9.62 Å². The Labute approximate surface area is 236 Å². The van der Waals surface area contributed by atoms with Crippen LogP contribution in [0.15, 0.2) is 83.8 Å². The fraction of sp³-hybridized carbons (Fsp3) is 0.333. The summed E-state index contributed by atoms with van der Waals surface area (Å²) in [7, 11) is -4.10. The third kappa shape index (κ3) is 7.83. The van der Waals surface area contributed by atoms with Crippen molar-refractivity contribution in [2.75, 3.05) is 10.8 Å². The second kappa shape index (κ2) is 12.7. The van der Waals surface area contributed by atoms with Crippen LogP contribution >= 0.6 is 11.6 Å². The SMILES string of the molecule is CCc1ccccc1N(CC(=O)N(Cc1ccc(Cl)cc1)[C@H](C)C(=O)NC(C)(C)C)S(=O)(=O)c1ccccc1. The zero-order valence-electron chi connectivity index (χ0n) is 23.0. The standard InChI is InChI=1S/C30H36ClN3O4S/c1-6-24-12-10-11-15-27(24)34(39(37,38)26-13-8-7-9-14-26)21-28(35)33(20-23-16-18-25(31)19-17-23)22(2)29(36)32-30(3,4)5/h7-19,22H,6,20-21H2,1-5H3,(H,32,36)/t22-/m1/s1. The average Bonchev–Trinajstić information content (AvgIpc) is 2.90. The van der Waals surface area contributed by atoms with Crippen LogP contribution in [0.3, 0.4) is 0 Å². The Bertz CT molecular complexity index is 1390. The molecule has 0 spiro atoms. The molecule has 1 atom stereocenters. The van der Waals surface area contributed by atoms with Gasteiger partial charge in [0.25, 0.3) is 10.0 Å². The number of sulfonamides is 1. The van der Waals surface area contributed by atoms with E-state index in [1.54, 1.807) is 61.5 Å². The van der Waals surface area contributed by atoms with Gasteiger partial charge in [-0.3, -0.25) is 13.9 Å². The number of amides is 2. The Kier molecular flexibility index (Phi) is 9.80. The molecule has 1 N–H and O–H groups in total. The van der Waals surface area contributed by atoms with Gasteiger partial charge < -0.3 is 10.2 Å². The van der Waals surface area contributed by atoms with Crippen molar-refractivity contribution in [1.29, 1.82) is 0 Å². The topological polar surface area (TPSA) is 86.8 Å². The van der Waals surface area contributed by atoms with E-state index in [4.69, 9.17) is 11.6 Å².